The highest BCUT2D eigenvalue weighted by Crippen LogP contribution is 2.38. The third-order valence-electron chi connectivity index (χ3n) is 5.70. The van der Waals surface area contributed by atoms with E-state index >= 15 is 0 Å². The van der Waals surface area contributed by atoms with Crippen molar-refractivity contribution in [2.45, 2.75) is 64.5 Å². The highest BCUT2D eigenvalue weighted by molar-refractivity contribution is 5.79. The number of rotatable bonds is 2. The summed E-state index contributed by atoms with van der Waals surface area (Å²) in [5, 5.41) is 0. The second kappa shape index (κ2) is 7.04. The minimum atomic E-state index is 0.136. The predicted molar refractivity (Wildman–Crippen MR) is 94.0 cm³/mol. The molecule has 1 aliphatic heterocycles. The molecule has 1 saturated carbocycles. The van der Waals surface area contributed by atoms with E-state index in [1.165, 1.54) is 17.5 Å². The number of carbonyl (C=O) groups excluding carboxylic acids is 1. The van der Waals surface area contributed by atoms with Crippen molar-refractivity contribution < 1.29 is 4.79 Å². The molecule has 1 aliphatic carbocycles. The number of piperidine rings is 1. The maximum Gasteiger partial charge on any atom is 0.226 e. The van der Waals surface area contributed by atoms with E-state index in [4.69, 9.17) is 5.73 Å². The van der Waals surface area contributed by atoms with Gasteiger partial charge in [0.2, 0.25) is 5.91 Å². The van der Waals surface area contributed by atoms with E-state index in [-0.39, 0.29) is 18.0 Å². The van der Waals surface area contributed by atoms with E-state index in [0.29, 0.717) is 11.8 Å². The Labute approximate surface area is 140 Å². The summed E-state index contributed by atoms with van der Waals surface area (Å²) >= 11 is 0. The van der Waals surface area contributed by atoms with Crippen LogP contribution in [0.5, 0.6) is 0 Å². The Morgan fingerprint density at radius 1 is 1.13 bits per heavy atom. The van der Waals surface area contributed by atoms with Gasteiger partial charge in [-0.2, -0.15) is 0 Å². The second-order valence-corrected chi connectivity index (χ2v) is 7.63. The van der Waals surface area contributed by atoms with Gasteiger partial charge in [-0.1, -0.05) is 43.2 Å². The van der Waals surface area contributed by atoms with Crippen molar-refractivity contribution in [3.63, 3.8) is 0 Å². The molecule has 1 aromatic rings. The zero-order valence-electron chi connectivity index (χ0n) is 14.5. The summed E-state index contributed by atoms with van der Waals surface area (Å²) in [5.41, 5.74) is 8.67. The van der Waals surface area contributed by atoms with Crippen molar-refractivity contribution in [3.8, 4) is 0 Å². The summed E-state index contributed by atoms with van der Waals surface area (Å²) in [6, 6.07) is 9.17. The first-order valence-electron chi connectivity index (χ1n) is 9.19. The molecule has 3 nitrogen and oxygen atoms in total. The van der Waals surface area contributed by atoms with Crippen LogP contribution in [0.1, 0.15) is 62.6 Å². The lowest BCUT2D eigenvalue weighted by atomic mass is 9.81. The van der Waals surface area contributed by atoms with E-state index in [1.807, 2.05) is 0 Å². The minimum Gasteiger partial charge on any atom is -0.335 e. The molecule has 0 bridgehead atoms. The van der Waals surface area contributed by atoms with Gasteiger partial charge in [-0.05, 0) is 50.5 Å². The van der Waals surface area contributed by atoms with Gasteiger partial charge in [0, 0.05) is 18.5 Å². The number of nitrogens with two attached hydrogens (primary N) is 1. The van der Waals surface area contributed by atoms with Crippen LogP contribution < -0.4 is 5.73 Å². The summed E-state index contributed by atoms with van der Waals surface area (Å²) in [5.74, 6) is 1.00. The average molecular weight is 314 g/mol. The fraction of sp³-hybridized carbons (Fsp3) is 0.650. The lowest BCUT2D eigenvalue weighted by molar-refractivity contribution is -0.142. The van der Waals surface area contributed by atoms with E-state index in [0.717, 1.165) is 38.6 Å². The molecule has 126 valence electrons. The molecule has 4 unspecified atom stereocenters. The number of amides is 1. The molecule has 0 spiro atoms. The van der Waals surface area contributed by atoms with Crippen LogP contribution in [0, 0.1) is 18.8 Å². The van der Waals surface area contributed by atoms with Crippen LogP contribution in [-0.2, 0) is 4.79 Å². The van der Waals surface area contributed by atoms with Gasteiger partial charge in [0.1, 0.15) is 0 Å². The maximum absolute atomic E-state index is 13.2. The third-order valence-corrected chi connectivity index (χ3v) is 5.70. The number of benzene rings is 1. The van der Waals surface area contributed by atoms with E-state index in [1.54, 1.807) is 0 Å². The Kier molecular flexibility index (Phi) is 5.05. The van der Waals surface area contributed by atoms with Crippen LogP contribution in [-0.4, -0.2) is 23.4 Å². The number of hydrogen-bond acceptors (Lipinski definition) is 2. The number of carbonyl (C=O) groups is 1. The summed E-state index contributed by atoms with van der Waals surface area (Å²) in [7, 11) is 0. The number of nitrogens with zero attached hydrogens (tertiary/aromatic N) is 1. The van der Waals surface area contributed by atoms with Crippen LogP contribution in [0.25, 0.3) is 0 Å². The van der Waals surface area contributed by atoms with Crippen LogP contribution in [0.15, 0.2) is 24.3 Å². The van der Waals surface area contributed by atoms with Gasteiger partial charge >= 0.3 is 0 Å². The number of aryl methyl sites for hydroxylation is 1. The van der Waals surface area contributed by atoms with Gasteiger partial charge in [0.15, 0.2) is 0 Å². The predicted octanol–water partition coefficient (Wildman–Crippen LogP) is 3.81. The minimum absolute atomic E-state index is 0.136. The highest BCUT2D eigenvalue weighted by Gasteiger charge is 2.37. The molecule has 1 heterocycles. The van der Waals surface area contributed by atoms with Crippen LogP contribution in [0.2, 0.25) is 0 Å². The topological polar surface area (TPSA) is 46.3 Å². The molecular weight excluding hydrogens is 284 g/mol. The van der Waals surface area contributed by atoms with Gasteiger partial charge in [-0.25, -0.2) is 0 Å². The van der Waals surface area contributed by atoms with Gasteiger partial charge in [0.05, 0.1) is 6.04 Å². The van der Waals surface area contributed by atoms with Crippen molar-refractivity contribution in [2.24, 2.45) is 17.6 Å². The highest BCUT2D eigenvalue weighted by atomic mass is 16.2. The molecule has 1 aromatic carbocycles. The van der Waals surface area contributed by atoms with E-state index < -0.39 is 0 Å². The SMILES string of the molecule is Cc1ccc(C2C(C)CCCN2C(=O)C2CCCC(N)C2)cc1. The lowest BCUT2D eigenvalue weighted by Gasteiger charge is -2.43. The number of likely N-dealkylation sites (tertiary alicyclic amines) is 1. The summed E-state index contributed by atoms with van der Waals surface area (Å²) in [6.45, 7) is 5.30. The van der Waals surface area contributed by atoms with Crippen molar-refractivity contribution in [2.75, 3.05) is 6.54 Å². The maximum atomic E-state index is 13.2. The molecule has 3 rings (SSSR count). The molecule has 0 radical (unpaired) electrons. The molecule has 3 heteroatoms. The summed E-state index contributed by atoms with van der Waals surface area (Å²) < 4.78 is 0. The summed E-state index contributed by atoms with van der Waals surface area (Å²) in [6.07, 6.45) is 6.36. The second-order valence-electron chi connectivity index (χ2n) is 7.63. The Morgan fingerprint density at radius 3 is 2.57 bits per heavy atom. The van der Waals surface area contributed by atoms with Crippen LogP contribution in [0.4, 0.5) is 0 Å². The number of hydrogen-bond donors (Lipinski definition) is 1. The fourth-order valence-electron chi connectivity index (χ4n) is 4.39. The monoisotopic (exact) mass is 314 g/mol. The average Bonchev–Trinajstić information content (AvgIpc) is 2.55. The van der Waals surface area contributed by atoms with Gasteiger partial charge in [-0.3, -0.25) is 4.79 Å². The standard InChI is InChI=1S/C20H30N2O/c1-14-8-10-16(11-9-14)19-15(2)5-4-12-22(19)20(23)17-6-3-7-18(21)13-17/h8-11,15,17-19H,3-7,12-13,21H2,1-2H3. The van der Waals surface area contributed by atoms with Gasteiger partial charge in [-0.15, -0.1) is 0 Å². The third kappa shape index (κ3) is 3.60. The summed E-state index contributed by atoms with van der Waals surface area (Å²) in [4.78, 5) is 15.3. The largest absolute Gasteiger partial charge is 0.335 e. The molecular formula is C20H30N2O. The molecule has 4 atom stereocenters. The lowest BCUT2D eigenvalue weighted by Crippen LogP contribution is -2.46. The zero-order valence-corrected chi connectivity index (χ0v) is 14.5. The van der Waals surface area contributed by atoms with E-state index in [9.17, 15) is 4.79 Å². The Balaban J connectivity index is 1.82. The van der Waals surface area contributed by atoms with Crippen molar-refractivity contribution >= 4 is 5.91 Å². The first kappa shape index (κ1) is 16.5. The van der Waals surface area contributed by atoms with Crippen molar-refractivity contribution in [3.05, 3.63) is 35.4 Å². The van der Waals surface area contributed by atoms with E-state index in [2.05, 4.69) is 43.0 Å². The molecule has 2 N–H and O–H groups in total. The molecule has 2 fully saturated rings. The van der Waals surface area contributed by atoms with Crippen molar-refractivity contribution in [1.82, 2.24) is 4.90 Å². The quantitative estimate of drug-likeness (QED) is 0.902. The molecule has 1 amide bonds. The van der Waals surface area contributed by atoms with Gasteiger partial charge in [0.25, 0.3) is 0 Å². The normalized spacial score (nSPS) is 31.9. The first-order chi connectivity index (χ1) is 11.1. The Hall–Kier alpha value is -1.35. The zero-order chi connectivity index (χ0) is 16.4. The van der Waals surface area contributed by atoms with Crippen LogP contribution in [0.3, 0.4) is 0 Å². The smallest absolute Gasteiger partial charge is 0.226 e. The first-order valence-corrected chi connectivity index (χ1v) is 9.19. The molecule has 1 saturated heterocycles. The fourth-order valence-corrected chi connectivity index (χ4v) is 4.39. The Morgan fingerprint density at radius 2 is 1.87 bits per heavy atom. The Bertz CT molecular complexity index is 539. The van der Waals surface area contributed by atoms with Crippen LogP contribution >= 0.6 is 0 Å². The molecule has 2 aliphatic rings. The molecule has 23 heavy (non-hydrogen) atoms. The molecule has 0 aromatic heterocycles. The van der Waals surface area contributed by atoms with Gasteiger partial charge < -0.3 is 10.6 Å². The van der Waals surface area contributed by atoms with Crippen molar-refractivity contribution in [1.29, 1.82) is 0 Å².